The van der Waals surface area contributed by atoms with Gasteiger partial charge in [-0.2, -0.15) is 0 Å². The Balaban J connectivity index is 2.22. The van der Waals surface area contributed by atoms with Crippen LogP contribution in [0.5, 0.6) is 0 Å². The largest absolute Gasteiger partial charge is 0.444 e. The fourth-order valence-electron chi connectivity index (χ4n) is 1.84. The van der Waals surface area contributed by atoms with Crippen LogP contribution < -0.4 is 0 Å². The zero-order valence-electron chi connectivity index (χ0n) is 11.1. The molecule has 0 N–H and O–H groups in total. The van der Waals surface area contributed by atoms with E-state index in [0.29, 0.717) is 10.4 Å². The van der Waals surface area contributed by atoms with E-state index >= 15 is 0 Å². The third-order valence-electron chi connectivity index (χ3n) is 3.15. The first kappa shape index (κ1) is 13.8. The van der Waals surface area contributed by atoms with E-state index in [1.807, 2.05) is 26.0 Å². The maximum absolute atomic E-state index is 12.4. The summed E-state index contributed by atoms with van der Waals surface area (Å²) in [5.74, 6) is 0.227. The predicted molar refractivity (Wildman–Crippen MR) is 75.9 cm³/mol. The van der Waals surface area contributed by atoms with Crippen molar-refractivity contribution in [2.24, 2.45) is 0 Å². The van der Waals surface area contributed by atoms with Gasteiger partial charge in [-0.3, -0.25) is 9.78 Å². The molecule has 2 aromatic heterocycles. The molecule has 0 saturated heterocycles. The molecule has 2 rings (SSSR count). The fourth-order valence-corrected chi connectivity index (χ4v) is 2.34. The molecule has 0 aromatic carbocycles. The van der Waals surface area contributed by atoms with E-state index in [9.17, 15) is 4.79 Å². The molecule has 0 saturated carbocycles. The smallest absolute Gasteiger partial charge is 0.290 e. The average molecular weight is 323 g/mol. The highest BCUT2D eigenvalue weighted by Crippen LogP contribution is 2.24. The van der Waals surface area contributed by atoms with Crippen LogP contribution >= 0.6 is 15.9 Å². The Hall–Kier alpha value is -1.62. The first-order valence-electron chi connectivity index (χ1n) is 5.93. The number of aryl methyl sites for hydroxylation is 1. The van der Waals surface area contributed by atoms with Gasteiger partial charge in [0.25, 0.3) is 5.91 Å². The molecule has 0 fully saturated rings. The molecular formula is C14H15BrN2O2. The quantitative estimate of drug-likeness (QED) is 0.867. The minimum Gasteiger partial charge on any atom is -0.444 e. The van der Waals surface area contributed by atoms with Crippen LogP contribution in [0.1, 0.15) is 34.6 Å². The number of carbonyl (C=O) groups excluding carboxylic acids is 1. The molecule has 0 aliphatic rings. The van der Waals surface area contributed by atoms with Crippen LogP contribution in [-0.4, -0.2) is 22.8 Å². The molecule has 100 valence electrons. The van der Waals surface area contributed by atoms with Crippen molar-refractivity contribution in [2.75, 3.05) is 7.05 Å². The van der Waals surface area contributed by atoms with Crippen molar-refractivity contribution in [3.05, 3.63) is 52.1 Å². The van der Waals surface area contributed by atoms with Crippen molar-refractivity contribution < 1.29 is 9.21 Å². The molecular weight excluding hydrogens is 308 g/mol. The SMILES string of the molecule is Cc1cc(Br)oc1C(=O)N(C)[C@H](C)c1cccnc1. The summed E-state index contributed by atoms with van der Waals surface area (Å²) < 4.78 is 5.96. The number of hydrogen-bond donors (Lipinski definition) is 0. The zero-order valence-corrected chi connectivity index (χ0v) is 12.6. The van der Waals surface area contributed by atoms with Crippen LogP contribution in [0.25, 0.3) is 0 Å². The lowest BCUT2D eigenvalue weighted by atomic mass is 10.1. The second-order valence-electron chi connectivity index (χ2n) is 4.44. The molecule has 2 aromatic rings. The monoisotopic (exact) mass is 322 g/mol. The van der Waals surface area contributed by atoms with E-state index in [0.717, 1.165) is 11.1 Å². The van der Waals surface area contributed by atoms with E-state index in [2.05, 4.69) is 20.9 Å². The Bertz CT molecular complexity index is 580. The Kier molecular flexibility index (Phi) is 4.04. The van der Waals surface area contributed by atoms with Crippen molar-refractivity contribution >= 4 is 21.8 Å². The van der Waals surface area contributed by atoms with Crippen LogP contribution in [0.2, 0.25) is 0 Å². The molecule has 4 nitrogen and oxygen atoms in total. The van der Waals surface area contributed by atoms with Crippen molar-refractivity contribution in [3.8, 4) is 0 Å². The highest BCUT2D eigenvalue weighted by atomic mass is 79.9. The average Bonchev–Trinajstić information content (AvgIpc) is 2.76. The number of rotatable bonds is 3. The van der Waals surface area contributed by atoms with Gasteiger partial charge in [0.2, 0.25) is 0 Å². The molecule has 19 heavy (non-hydrogen) atoms. The van der Waals surface area contributed by atoms with Crippen molar-refractivity contribution in [3.63, 3.8) is 0 Å². The van der Waals surface area contributed by atoms with Gasteiger partial charge in [-0.15, -0.1) is 0 Å². The number of halogens is 1. The number of nitrogens with zero attached hydrogens (tertiary/aromatic N) is 2. The minimum atomic E-state index is -0.139. The lowest BCUT2D eigenvalue weighted by Gasteiger charge is -2.24. The van der Waals surface area contributed by atoms with Crippen molar-refractivity contribution in [1.82, 2.24) is 9.88 Å². The van der Waals surface area contributed by atoms with Gasteiger partial charge in [0.1, 0.15) is 0 Å². The summed E-state index contributed by atoms with van der Waals surface area (Å²) in [6.45, 7) is 3.81. The van der Waals surface area contributed by atoms with Gasteiger partial charge in [0, 0.05) is 25.0 Å². The van der Waals surface area contributed by atoms with Gasteiger partial charge in [-0.1, -0.05) is 6.07 Å². The molecule has 0 aliphatic heterocycles. The summed E-state index contributed by atoms with van der Waals surface area (Å²) in [5, 5.41) is 0. The summed E-state index contributed by atoms with van der Waals surface area (Å²) in [5.41, 5.74) is 1.81. The second-order valence-corrected chi connectivity index (χ2v) is 5.22. The topological polar surface area (TPSA) is 46.3 Å². The van der Waals surface area contributed by atoms with Crippen molar-refractivity contribution in [2.45, 2.75) is 19.9 Å². The Morgan fingerprint density at radius 3 is 2.79 bits per heavy atom. The normalized spacial score (nSPS) is 12.2. The van der Waals surface area contributed by atoms with E-state index in [-0.39, 0.29) is 11.9 Å². The number of furan rings is 1. The molecule has 0 bridgehead atoms. The van der Waals surface area contributed by atoms with Gasteiger partial charge in [-0.05, 0) is 47.5 Å². The van der Waals surface area contributed by atoms with Crippen LogP contribution in [-0.2, 0) is 0 Å². The minimum absolute atomic E-state index is 0.0653. The summed E-state index contributed by atoms with van der Waals surface area (Å²) in [7, 11) is 1.76. The van der Waals surface area contributed by atoms with Crippen LogP contribution in [0, 0.1) is 6.92 Å². The van der Waals surface area contributed by atoms with Gasteiger partial charge in [0.15, 0.2) is 10.4 Å². The number of carbonyl (C=O) groups is 1. The first-order chi connectivity index (χ1) is 9.00. The van der Waals surface area contributed by atoms with E-state index < -0.39 is 0 Å². The summed E-state index contributed by atoms with van der Waals surface area (Å²) >= 11 is 3.23. The third kappa shape index (κ3) is 2.87. The Morgan fingerprint density at radius 1 is 1.53 bits per heavy atom. The molecule has 0 spiro atoms. The summed E-state index contributed by atoms with van der Waals surface area (Å²) in [4.78, 5) is 18.1. The fraction of sp³-hybridized carbons (Fsp3) is 0.286. The maximum Gasteiger partial charge on any atom is 0.290 e. The van der Waals surface area contributed by atoms with Gasteiger partial charge < -0.3 is 9.32 Å². The van der Waals surface area contributed by atoms with Crippen LogP contribution in [0.4, 0.5) is 0 Å². The highest BCUT2D eigenvalue weighted by Gasteiger charge is 2.23. The summed E-state index contributed by atoms with van der Waals surface area (Å²) in [6.07, 6.45) is 3.48. The lowest BCUT2D eigenvalue weighted by Crippen LogP contribution is -2.29. The molecule has 0 radical (unpaired) electrons. The van der Waals surface area contributed by atoms with Gasteiger partial charge in [-0.25, -0.2) is 0 Å². The highest BCUT2D eigenvalue weighted by molar-refractivity contribution is 9.10. The maximum atomic E-state index is 12.4. The zero-order chi connectivity index (χ0) is 14.0. The Labute approximate surface area is 120 Å². The number of amides is 1. The molecule has 0 aliphatic carbocycles. The number of pyridine rings is 1. The van der Waals surface area contributed by atoms with E-state index in [1.54, 1.807) is 30.4 Å². The molecule has 0 unspecified atom stereocenters. The molecule has 1 atom stereocenters. The van der Waals surface area contributed by atoms with Gasteiger partial charge >= 0.3 is 0 Å². The molecule has 1 amide bonds. The van der Waals surface area contributed by atoms with Crippen molar-refractivity contribution in [1.29, 1.82) is 0 Å². The van der Waals surface area contributed by atoms with Crippen LogP contribution in [0.3, 0.4) is 0 Å². The summed E-state index contributed by atoms with van der Waals surface area (Å²) in [6, 6.07) is 5.53. The predicted octanol–water partition coefficient (Wildman–Crippen LogP) is 3.58. The van der Waals surface area contributed by atoms with E-state index in [1.165, 1.54) is 0 Å². The second kappa shape index (κ2) is 5.57. The standard InChI is InChI=1S/C14H15BrN2O2/c1-9-7-12(15)19-13(9)14(18)17(3)10(2)11-5-4-6-16-8-11/h4-8,10H,1-3H3/t10-/m1/s1. The van der Waals surface area contributed by atoms with Gasteiger partial charge in [0.05, 0.1) is 6.04 Å². The Morgan fingerprint density at radius 2 is 2.26 bits per heavy atom. The number of aromatic nitrogens is 1. The third-order valence-corrected chi connectivity index (χ3v) is 3.54. The number of hydrogen-bond acceptors (Lipinski definition) is 3. The lowest BCUT2D eigenvalue weighted by molar-refractivity contribution is 0.0708. The van der Waals surface area contributed by atoms with E-state index in [4.69, 9.17) is 4.42 Å². The first-order valence-corrected chi connectivity index (χ1v) is 6.73. The molecule has 2 heterocycles. The molecule has 5 heteroatoms. The van der Waals surface area contributed by atoms with Crippen LogP contribution in [0.15, 0.2) is 39.7 Å².